The lowest BCUT2D eigenvalue weighted by atomic mass is 10.2. The van der Waals surface area contributed by atoms with Gasteiger partial charge in [0.25, 0.3) is 5.91 Å². The van der Waals surface area contributed by atoms with Gasteiger partial charge in [-0.2, -0.15) is 5.10 Å². The fourth-order valence-electron chi connectivity index (χ4n) is 2.08. The molecule has 1 saturated heterocycles. The highest BCUT2D eigenvalue weighted by Gasteiger charge is 2.26. The van der Waals surface area contributed by atoms with Crippen LogP contribution in [0.15, 0.2) is 4.60 Å². The Morgan fingerprint density at radius 3 is 3.06 bits per heavy atom. The van der Waals surface area contributed by atoms with Crippen molar-refractivity contribution < 1.29 is 9.90 Å². The second-order valence-corrected chi connectivity index (χ2v) is 4.87. The number of primary amides is 1. The Balaban J connectivity index is 2.37. The van der Waals surface area contributed by atoms with Crippen LogP contribution in [0.1, 0.15) is 22.8 Å². The average molecular weight is 318 g/mol. The first kappa shape index (κ1) is 13.3. The fourth-order valence-corrected chi connectivity index (χ4v) is 2.64. The molecule has 1 atom stereocenters. The molecule has 1 aliphatic rings. The summed E-state index contributed by atoms with van der Waals surface area (Å²) in [6, 6.07) is 0.190. The second-order valence-electron chi connectivity index (χ2n) is 4.12. The molecule has 1 aromatic heterocycles. The summed E-state index contributed by atoms with van der Waals surface area (Å²) < 4.78 is 2.20. The minimum atomic E-state index is -0.542. The Hall–Kier alpha value is -1.12. The minimum absolute atomic E-state index is 0.0239. The van der Waals surface area contributed by atoms with Crippen molar-refractivity contribution in [2.75, 3.05) is 31.6 Å². The van der Waals surface area contributed by atoms with Gasteiger partial charge >= 0.3 is 0 Å². The van der Waals surface area contributed by atoms with Gasteiger partial charge in [0.05, 0.1) is 12.6 Å². The van der Waals surface area contributed by atoms with Crippen LogP contribution in [0.25, 0.3) is 0 Å². The van der Waals surface area contributed by atoms with E-state index in [1.807, 2.05) is 0 Å². The van der Waals surface area contributed by atoms with Crippen molar-refractivity contribution in [3.05, 3.63) is 10.2 Å². The molecule has 1 aliphatic heterocycles. The van der Waals surface area contributed by atoms with E-state index in [2.05, 4.69) is 31.7 Å². The van der Waals surface area contributed by atoms with Crippen LogP contribution < -0.4 is 16.4 Å². The maximum atomic E-state index is 11.5. The Morgan fingerprint density at radius 1 is 1.72 bits per heavy atom. The van der Waals surface area contributed by atoms with Crippen molar-refractivity contribution in [2.24, 2.45) is 5.73 Å². The lowest BCUT2D eigenvalue weighted by Crippen LogP contribution is -2.20. The van der Waals surface area contributed by atoms with Gasteiger partial charge in [-0.15, -0.1) is 0 Å². The number of carbonyl (C=O) groups is 1. The van der Waals surface area contributed by atoms with Crippen LogP contribution in [0.2, 0.25) is 0 Å². The minimum Gasteiger partial charge on any atom is -0.395 e. The summed E-state index contributed by atoms with van der Waals surface area (Å²) in [5.41, 5.74) is 5.69. The van der Waals surface area contributed by atoms with Gasteiger partial charge in [0.15, 0.2) is 0 Å². The van der Waals surface area contributed by atoms with Crippen LogP contribution in [0.5, 0.6) is 0 Å². The molecule has 0 radical (unpaired) electrons. The Morgan fingerprint density at radius 2 is 2.50 bits per heavy atom. The number of hydrogen-bond acceptors (Lipinski definition) is 5. The predicted octanol–water partition coefficient (Wildman–Crippen LogP) is -0.317. The highest BCUT2D eigenvalue weighted by atomic mass is 79.9. The van der Waals surface area contributed by atoms with Gasteiger partial charge in [0.2, 0.25) is 0 Å². The van der Waals surface area contributed by atoms with E-state index in [1.165, 1.54) is 0 Å². The second kappa shape index (κ2) is 5.68. The first-order valence-electron chi connectivity index (χ1n) is 5.78. The maximum Gasteiger partial charge on any atom is 0.255 e. The molecule has 1 amide bonds. The fraction of sp³-hybridized carbons (Fsp3) is 0.600. The molecule has 2 heterocycles. The van der Waals surface area contributed by atoms with Gasteiger partial charge in [-0.05, 0) is 28.9 Å². The average Bonchev–Trinajstić information content (AvgIpc) is 2.92. The third kappa shape index (κ3) is 2.50. The summed E-state index contributed by atoms with van der Waals surface area (Å²) in [6.07, 6.45) is 0.945. The van der Waals surface area contributed by atoms with Crippen LogP contribution >= 0.6 is 15.9 Å². The number of amides is 1. The normalized spacial score (nSPS) is 19.1. The van der Waals surface area contributed by atoms with Crippen molar-refractivity contribution >= 4 is 27.7 Å². The molecule has 0 saturated carbocycles. The van der Waals surface area contributed by atoms with Gasteiger partial charge in [-0.1, -0.05) is 0 Å². The van der Waals surface area contributed by atoms with Gasteiger partial charge in [0.1, 0.15) is 16.0 Å². The molecule has 0 unspecified atom stereocenters. The number of carbonyl (C=O) groups excluding carboxylic acids is 1. The van der Waals surface area contributed by atoms with Gasteiger partial charge in [0, 0.05) is 13.1 Å². The monoisotopic (exact) mass is 317 g/mol. The molecular weight excluding hydrogens is 302 g/mol. The first-order chi connectivity index (χ1) is 8.65. The molecule has 1 fully saturated rings. The Kier molecular flexibility index (Phi) is 4.20. The lowest BCUT2D eigenvalue weighted by molar-refractivity contribution is 0.1000. The zero-order valence-corrected chi connectivity index (χ0v) is 11.4. The third-order valence-electron chi connectivity index (χ3n) is 2.90. The molecule has 8 heteroatoms. The van der Waals surface area contributed by atoms with Crippen molar-refractivity contribution in [2.45, 2.75) is 12.5 Å². The van der Waals surface area contributed by atoms with Gasteiger partial charge < -0.3 is 21.5 Å². The highest BCUT2D eigenvalue weighted by molar-refractivity contribution is 9.10. The lowest BCUT2D eigenvalue weighted by Gasteiger charge is -2.15. The maximum absolute atomic E-state index is 11.5. The van der Waals surface area contributed by atoms with Crippen LogP contribution in [0.4, 0.5) is 5.82 Å². The molecule has 0 aliphatic carbocycles. The zero-order chi connectivity index (χ0) is 13.1. The quantitative estimate of drug-likeness (QED) is 0.596. The molecule has 0 bridgehead atoms. The molecule has 5 N–H and O–H groups in total. The molecule has 7 nitrogen and oxygen atoms in total. The van der Waals surface area contributed by atoms with Crippen molar-refractivity contribution in [3.8, 4) is 0 Å². The number of aliphatic hydroxyl groups excluding tert-OH is 1. The standard InChI is InChI=1S/C10H16BrN5O2/c11-8-7(9(12)18)10(14-3-4-17)16(15-8)6-1-2-13-5-6/h6,13-14,17H,1-5H2,(H2,12,18)/t6-/m0/s1. The molecule has 0 aromatic carbocycles. The van der Waals surface area contributed by atoms with E-state index < -0.39 is 5.91 Å². The van der Waals surface area contributed by atoms with Crippen LogP contribution in [-0.2, 0) is 0 Å². The highest BCUT2D eigenvalue weighted by Crippen LogP contribution is 2.29. The zero-order valence-electron chi connectivity index (χ0n) is 9.82. The number of nitrogens with zero attached hydrogens (tertiary/aromatic N) is 2. The van der Waals surface area contributed by atoms with E-state index in [-0.39, 0.29) is 12.6 Å². The Bertz CT molecular complexity index is 442. The van der Waals surface area contributed by atoms with Crippen molar-refractivity contribution in [1.29, 1.82) is 0 Å². The molecule has 100 valence electrons. The van der Waals surface area contributed by atoms with Crippen molar-refractivity contribution in [1.82, 2.24) is 15.1 Å². The summed E-state index contributed by atoms with van der Waals surface area (Å²) in [5.74, 6) is 0.0247. The number of anilines is 1. The first-order valence-corrected chi connectivity index (χ1v) is 6.57. The molecular formula is C10H16BrN5O2. The van der Waals surface area contributed by atoms with Gasteiger partial charge in [-0.3, -0.25) is 4.79 Å². The van der Waals surface area contributed by atoms with E-state index >= 15 is 0 Å². The topological polar surface area (TPSA) is 105 Å². The molecule has 1 aromatic rings. The number of rotatable bonds is 5. The van der Waals surface area contributed by atoms with E-state index in [4.69, 9.17) is 10.8 Å². The van der Waals surface area contributed by atoms with E-state index in [9.17, 15) is 4.79 Å². The molecule has 18 heavy (non-hydrogen) atoms. The van der Waals surface area contributed by atoms with Crippen LogP contribution in [-0.4, -0.2) is 47.0 Å². The Labute approximate surface area is 113 Å². The molecule has 0 spiro atoms. The van der Waals surface area contributed by atoms with Crippen LogP contribution in [0.3, 0.4) is 0 Å². The number of nitrogens with two attached hydrogens (primary N) is 1. The number of halogens is 1. The number of nitrogens with one attached hydrogen (secondary N) is 2. The predicted molar refractivity (Wildman–Crippen MR) is 70.5 cm³/mol. The SMILES string of the molecule is NC(=O)c1c(Br)nn([C@H]2CCNC2)c1NCCO. The molecule has 2 rings (SSSR count). The summed E-state index contributed by atoms with van der Waals surface area (Å²) in [6.45, 7) is 2.05. The summed E-state index contributed by atoms with van der Waals surface area (Å²) in [7, 11) is 0. The van der Waals surface area contributed by atoms with E-state index in [1.54, 1.807) is 4.68 Å². The smallest absolute Gasteiger partial charge is 0.255 e. The summed E-state index contributed by atoms with van der Waals surface area (Å²) in [5, 5.41) is 19.4. The van der Waals surface area contributed by atoms with E-state index in [0.29, 0.717) is 22.5 Å². The number of hydrogen-bond donors (Lipinski definition) is 4. The van der Waals surface area contributed by atoms with Gasteiger partial charge in [-0.25, -0.2) is 4.68 Å². The summed E-state index contributed by atoms with van der Waals surface area (Å²) in [4.78, 5) is 11.5. The third-order valence-corrected chi connectivity index (χ3v) is 3.45. The van der Waals surface area contributed by atoms with Crippen molar-refractivity contribution in [3.63, 3.8) is 0 Å². The van der Waals surface area contributed by atoms with E-state index in [0.717, 1.165) is 19.5 Å². The van der Waals surface area contributed by atoms with Crippen LogP contribution in [0, 0.1) is 0 Å². The summed E-state index contributed by atoms with van der Waals surface area (Å²) >= 11 is 3.25. The number of aliphatic hydroxyl groups is 1. The number of aromatic nitrogens is 2. The largest absolute Gasteiger partial charge is 0.395 e.